The molecule has 0 spiro atoms. The molecule has 0 radical (unpaired) electrons. The normalized spacial score (nSPS) is 12.5. The number of carbonyl (C=O) groups excluding carboxylic acids is 6. The first-order valence-corrected chi connectivity index (χ1v) is 25.3. The zero-order valence-electron chi connectivity index (χ0n) is 42.2. The van der Waals surface area contributed by atoms with Crippen molar-refractivity contribution in [3.63, 3.8) is 0 Å². The van der Waals surface area contributed by atoms with E-state index in [0.717, 1.165) is 71.9 Å². The number of nitrogens with zero attached hydrogens (tertiary/aromatic N) is 2. The third-order valence-corrected chi connectivity index (χ3v) is 12.3. The summed E-state index contributed by atoms with van der Waals surface area (Å²) in [6.07, 6.45) is 7.47. The number of Topliss-reactive ketones (excluding diaryl/α,β-unsaturated/α-hetero) is 2. The van der Waals surface area contributed by atoms with Crippen LogP contribution in [0.25, 0.3) is 0 Å². The fourth-order valence-electron chi connectivity index (χ4n) is 8.23. The Kier molecular flexibility index (Phi) is 22.9. The van der Waals surface area contributed by atoms with Crippen molar-refractivity contribution in [2.24, 2.45) is 0 Å². The maximum atomic E-state index is 13.2. The summed E-state index contributed by atoms with van der Waals surface area (Å²) in [5.41, 5.74) is 6.42. The summed E-state index contributed by atoms with van der Waals surface area (Å²) < 4.78 is 0. The number of urea groups is 2. The number of hydrogen-bond donors (Lipinski definition) is 6. The third kappa shape index (κ3) is 18.1. The molecule has 2 aliphatic heterocycles. The molecule has 2 atom stereocenters. The molecule has 4 aromatic carbocycles. The van der Waals surface area contributed by atoms with Gasteiger partial charge in [0.2, 0.25) is 11.8 Å². The van der Waals surface area contributed by atoms with Crippen molar-refractivity contribution in [3.8, 4) is 23.7 Å². The number of unbranched alkanes of at least 4 members (excludes halogenated alkanes) is 6. The van der Waals surface area contributed by atoms with Crippen LogP contribution in [0.3, 0.4) is 0 Å². The molecule has 2 aliphatic rings. The Morgan fingerprint density at radius 1 is 0.473 bits per heavy atom. The van der Waals surface area contributed by atoms with Gasteiger partial charge in [-0.3, -0.25) is 19.2 Å². The minimum Gasteiger partial charge on any atom is -0.480 e. The number of benzene rings is 4. The largest absolute Gasteiger partial charge is 0.480 e. The molecular weight excluding hydrogens is 941 g/mol. The Morgan fingerprint density at radius 2 is 0.824 bits per heavy atom. The molecule has 16 nitrogen and oxygen atoms in total. The van der Waals surface area contributed by atoms with Gasteiger partial charge in [-0.1, -0.05) is 137 Å². The molecule has 6 rings (SSSR count). The monoisotopic (exact) mass is 1010 g/mol. The van der Waals surface area contributed by atoms with Crippen LogP contribution < -0.4 is 31.1 Å². The van der Waals surface area contributed by atoms with E-state index in [0.29, 0.717) is 50.1 Å². The molecule has 16 heteroatoms. The van der Waals surface area contributed by atoms with Crippen LogP contribution in [0.4, 0.5) is 21.0 Å². The highest BCUT2D eigenvalue weighted by atomic mass is 16.4. The van der Waals surface area contributed by atoms with E-state index in [1.165, 1.54) is 0 Å². The lowest BCUT2D eigenvalue weighted by Crippen LogP contribution is -2.47. The first kappa shape index (κ1) is 56.7. The number of fused-ring (bicyclic) bond motifs is 4. The number of rotatable bonds is 24. The van der Waals surface area contributed by atoms with Crippen molar-refractivity contribution in [2.75, 3.05) is 22.9 Å². The molecular formula is C58H66N6O10. The lowest BCUT2D eigenvalue weighted by atomic mass is 10.0. The van der Waals surface area contributed by atoms with Crippen LogP contribution in [0.15, 0.2) is 97.1 Å². The van der Waals surface area contributed by atoms with E-state index in [-0.39, 0.29) is 62.2 Å². The average Bonchev–Trinajstić information content (AvgIpc) is 3.37. The van der Waals surface area contributed by atoms with Gasteiger partial charge in [-0.05, 0) is 60.4 Å². The van der Waals surface area contributed by atoms with Crippen LogP contribution in [0.5, 0.6) is 0 Å². The molecule has 6 N–H and O–H groups in total. The molecule has 0 fully saturated rings. The highest BCUT2D eigenvalue weighted by Gasteiger charge is 2.26. The van der Waals surface area contributed by atoms with E-state index in [1.54, 1.807) is 9.80 Å². The number of ketones is 2. The number of carboxylic acids is 2. The molecule has 0 aliphatic carbocycles. The average molecular weight is 1010 g/mol. The number of para-hydroxylation sites is 2. The van der Waals surface area contributed by atoms with Gasteiger partial charge in [0.25, 0.3) is 0 Å². The van der Waals surface area contributed by atoms with E-state index in [2.05, 4.69) is 58.8 Å². The number of amides is 6. The summed E-state index contributed by atoms with van der Waals surface area (Å²) >= 11 is 0. The Labute approximate surface area is 433 Å². The van der Waals surface area contributed by atoms with Crippen LogP contribution in [-0.4, -0.2) is 82.8 Å². The fourth-order valence-corrected chi connectivity index (χ4v) is 8.23. The number of carboxylic acid groups (broad SMARTS) is 2. The van der Waals surface area contributed by atoms with Gasteiger partial charge in [0.1, 0.15) is 23.7 Å². The second kappa shape index (κ2) is 29.9. The second-order valence-electron chi connectivity index (χ2n) is 18.0. The standard InChI is InChI=1S/2C29H33N3O5/c2*1-2-3-4-5-13-24(33)19-25(28(35)36)31-29(37)30-18-17-27(34)32-20-23-12-7-6-10-21(23)15-16-22-11-8-9-14-26(22)32/h2*6-12,14,25H,2-5,13,17-20H2,1H3,(H,35,36)(H2,30,31,37)/t2*25-/m00/s1. The number of anilines is 2. The van der Waals surface area contributed by atoms with Gasteiger partial charge in [-0.2, -0.15) is 0 Å². The molecule has 0 unspecified atom stereocenters. The van der Waals surface area contributed by atoms with E-state index >= 15 is 0 Å². The van der Waals surface area contributed by atoms with Crippen LogP contribution in [0.2, 0.25) is 0 Å². The van der Waals surface area contributed by atoms with Crippen LogP contribution in [-0.2, 0) is 41.9 Å². The zero-order valence-corrected chi connectivity index (χ0v) is 42.2. The maximum absolute atomic E-state index is 13.2. The Hall–Kier alpha value is -8.24. The van der Waals surface area contributed by atoms with Gasteiger partial charge >= 0.3 is 24.0 Å². The van der Waals surface area contributed by atoms with Crippen LogP contribution >= 0.6 is 0 Å². The summed E-state index contributed by atoms with van der Waals surface area (Å²) in [6, 6.07) is 26.0. The van der Waals surface area contributed by atoms with Crippen LogP contribution in [0, 0.1) is 23.7 Å². The summed E-state index contributed by atoms with van der Waals surface area (Å²) in [5.74, 6) is 9.27. The highest BCUT2D eigenvalue weighted by Crippen LogP contribution is 2.27. The number of aliphatic carboxylic acids is 2. The van der Waals surface area contributed by atoms with Gasteiger partial charge in [0.15, 0.2) is 0 Å². The summed E-state index contributed by atoms with van der Waals surface area (Å²) in [7, 11) is 0. The van der Waals surface area contributed by atoms with Gasteiger partial charge in [0, 0.05) is 73.9 Å². The lowest BCUT2D eigenvalue weighted by molar-refractivity contribution is -0.141. The minimum atomic E-state index is -1.31. The van der Waals surface area contributed by atoms with E-state index in [4.69, 9.17) is 0 Å². The molecule has 4 aromatic rings. The molecule has 0 bridgehead atoms. The van der Waals surface area contributed by atoms with E-state index in [1.807, 2.05) is 97.1 Å². The van der Waals surface area contributed by atoms with Crippen molar-refractivity contribution in [2.45, 2.75) is 129 Å². The summed E-state index contributed by atoms with van der Waals surface area (Å²) in [6.45, 7) is 4.84. The fraction of sp³-hybridized carbons (Fsp3) is 0.379. The van der Waals surface area contributed by atoms with Crippen molar-refractivity contribution in [1.82, 2.24) is 21.3 Å². The summed E-state index contributed by atoms with van der Waals surface area (Å²) in [4.78, 5) is 102. The van der Waals surface area contributed by atoms with Crippen molar-refractivity contribution < 1.29 is 48.6 Å². The smallest absolute Gasteiger partial charge is 0.326 e. The number of carbonyl (C=O) groups is 8. The first-order valence-electron chi connectivity index (χ1n) is 25.3. The lowest BCUT2D eigenvalue weighted by Gasteiger charge is -2.26. The predicted octanol–water partition coefficient (Wildman–Crippen LogP) is 8.01. The number of hydrogen-bond acceptors (Lipinski definition) is 8. The van der Waals surface area contributed by atoms with Crippen molar-refractivity contribution >= 4 is 58.8 Å². The topological polar surface area (TPSA) is 232 Å². The third-order valence-electron chi connectivity index (χ3n) is 12.3. The Balaban J connectivity index is 0.000000274. The molecule has 0 saturated heterocycles. The highest BCUT2D eigenvalue weighted by molar-refractivity contribution is 5.97. The van der Waals surface area contributed by atoms with Gasteiger partial charge in [-0.15, -0.1) is 0 Å². The zero-order chi connectivity index (χ0) is 53.2. The van der Waals surface area contributed by atoms with Gasteiger partial charge < -0.3 is 41.3 Å². The maximum Gasteiger partial charge on any atom is 0.326 e. The molecule has 388 valence electrons. The quantitative estimate of drug-likeness (QED) is 0.0292. The molecule has 6 amide bonds. The van der Waals surface area contributed by atoms with Crippen LogP contribution in [0.1, 0.15) is 137 Å². The molecule has 0 saturated carbocycles. The van der Waals surface area contributed by atoms with Crippen molar-refractivity contribution in [1.29, 1.82) is 0 Å². The Morgan fingerprint density at radius 3 is 1.20 bits per heavy atom. The molecule has 74 heavy (non-hydrogen) atoms. The summed E-state index contributed by atoms with van der Waals surface area (Å²) in [5, 5.41) is 28.6. The van der Waals surface area contributed by atoms with E-state index in [9.17, 15) is 48.6 Å². The van der Waals surface area contributed by atoms with Crippen molar-refractivity contribution in [3.05, 3.63) is 130 Å². The number of nitrogens with one attached hydrogen (secondary N) is 4. The minimum absolute atomic E-state index is 0.00540. The second-order valence-corrected chi connectivity index (χ2v) is 18.0. The predicted molar refractivity (Wildman–Crippen MR) is 282 cm³/mol. The molecule has 2 heterocycles. The SMILES string of the molecule is CCCCCCC(=O)C[C@H](NC(=O)NCCC(=O)N1Cc2ccccc2C#Cc2ccccc21)C(=O)O.CCCCCCC(=O)C[C@H](NC(=O)NCCC(=O)N1Cc2ccccc2C#Cc2ccccc21)C(=O)O. The molecule has 0 aromatic heterocycles. The van der Waals surface area contributed by atoms with E-state index < -0.39 is 36.1 Å². The first-order chi connectivity index (χ1) is 35.8. The van der Waals surface area contributed by atoms with Gasteiger partial charge in [-0.25, -0.2) is 19.2 Å². The van der Waals surface area contributed by atoms with Gasteiger partial charge in [0.05, 0.1) is 24.5 Å². The Bertz CT molecular complexity index is 2580.